The topological polar surface area (TPSA) is 29.5 Å². The highest BCUT2D eigenvalue weighted by Crippen LogP contribution is 2.36. The van der Waals surface area contributed by atoms with Gasteiger partial charge < -0.3 is 14.4 Å². The van der Waals surface area contributed by atoms with Crippen LogP contribution in [0.25, 0.3) is 0 Å². The van der Waals surface area contributed by atoms with Gasteiger partial charge in [-0.1, -0.05) is 36.4 Å². The third kappa shape index (κ3) is 1.79. The summed E-state index contributed by atoms with van der Waals surface area (Å²) < 4.78 is 5.58. The molecule has 0 fully saturated rings. The highest BCUT2D eigenvalue weighted by Gasteiger charge is 2.25. The van der Waals surface area contributed by atoms with Crippen LogP contribution in [0.15, 0.2) is 54.6 Å². The van der Waals surface area contributed by atoms with Gasteiger partial charge in [0.05, 0.1) is 0 Å². The second kappa shape index (κ2) is 4.63. The van der Waals surface area contributed by atoms with Crippen molar-refractivity contribution >= 4 is 17.7 Å². The lowest BCUT2D eigenvalue weighted by atomic mass is 10.1. The number of benzene rings is 2. The van der Waals surface area contributed by atoms with Crippen molar-refractivity contribution in [1.82, 2.24) is 0 Å². The number of rotatable bonds is 2. The molecule has 0 aromatic heterocycles. The van der Waals surface area contributed by atoms with Crippen molar-refractivity contribution in [2.75, 3.05) is 11.6 Å². The van der Waals surface area contributed by atoms with Crippen molar-refractivity contribution < 1.29 is 9.53 Å². The fourth-order valence-electron chi connectivity index (χ4n) is 2.22. The Labute approximate surface area is 106 Å². The minimum absolute atomic E-state index is 0.393. The number of hydrogen-bond acceptors (Lipinski definition) is 3. The first kappa shape index (κ1) is 11.0. The predicted octanol–water partition coefficient (Wildman–Crippen LogP) is 3.05. The van der Waals surface area contributed by atoms with E-state index in [1.54, 1.807) is 0 Å². The molecule has 18 heavy (non-hydrogen) atoms. The zero-order chi connectivity index (χ0) is 12.4. The van der Waals surface area contributed by atoms with Gasteiger partial charge in [0.2, 0.25) is 0 Å². The lowest BCUT2D eigenvalue weighted by molar-refractivity contribution is -0.118. The second-order valence-corrected chi connectivity index (χ2v) is 4.17. The van der Waals surface area contributed by atoms with Gasteiger partial charge in [-0.3, -0.25) is 0 Å². The van der Waals surface area contributed by atoms with Gasteiger partial charge in [-0.25, -0.2) is 0 Å². The van der Waals surface area contributed by atoms with Crippen LogP contribution in [0.4, 0.5) is 11.4 Å². The average Bonchev–Trinajstić information content (AvgIpc) is 2.47. The first-order valence-corrected chi connectivity index (χ1v) is 5.88. The summed E-state index contributed by atoms with van der Waals surface area (Å²) in [5.74, 6) is 0. The molecule has 0 aliphatic carbocycles. The quantitative estimate of drug-likeness (QED) is 0.754. The van der Waals surface area contributed by atoms with Crippen molar-refractivity contribution in [1.29, 1.82) is 0 Å². The van der Waals surface area contributed by atoms with E-state index in [0.717, 1.165) is 23.2 Å². The molecule has 1 aliphatic rings. The molecule has 1 atom stereocenters. The Morgan fingerprint density at radius 2 is 1.78 bits per heavy atom. The highest BCUT2D eigenvalue weighted by atomic mass is 16.5. The Morgan fingerprint density at radius 3 is 2.56 bits per heavy atom. The minimum atomic E-state index is -0.457. The molecule has 0 N–H and O–H groups in total. The minimum Gasteiger partial charge on any atom is -0.345 e. The maximum atomic E-state index is 11.0. The molecule has 0 spiro atoms. The molecule has 1 heterocycles. The molecule has 3 rings (SSSR count). The van der Waals surface area contributed by atoms with Crippen LogP contribution in [-0.4, -0.2) is 13.0 Å². The van der Waals surface area contributed by atoms with Crippen LogP contribution in [0.2, 0.25) is 0 Å². The first-order valence-electron chi connectivity index (χ1n) is 5.88. The lowest BCUT2D eigenvalue weighted by Gasteiger charge is -2.33. The third-order valence-corrected chi connectivity index (χ3v) is 3.11. The molecular weight excluding hydrogens is 226 g/mol. The molecule has 1 unspecified atom stereocenters. The maximum Gasteiger partial charge on any atom is 0.153 e. The Bertz CT molecular complexity index is 553. The Balaban J connectivity index is 2.07. The van der Waals surface area contributed by atoms with E-state index in [9.17, 15) is 4.79 Å². The largest absolute Gasteiger partial charge is 0.345 e. The number of nitrogens with zero attached hydrogens (tertiary/aromatic N) is 1. The zero-order valence-electron chi connectivity index (χ0n) is 9.82. The van der Waals surface area contributed by atoms with Crippen molar-refractivity contribution in [3.63, 3.8) is 0 Å². The molecule has 0 saturated heterocycles. The van der Waals surface area contributed by atoms with Crippen molar-refractivity contribution in [3.05, 3.63) is 60.2 Å². The van der Waals surface area contributed by atoms with Gasteiger partial charge in [0.25, 0.3) is 0 Å². The Morgan fingerprint density at radius 1 is 1.06 bits per heavy atom. The van der Waals surface area contributed by atoms with E-state index in [-0.39, 0.29) is 0 Å². The number of ether oxygens (including phenoxy) is 1. The molecule has 3 heteroatoms. The summed E-state index contributed by atoms with van der Waals surface area (Å²) in [5.41, 5.74) is 3.02. The van der Waals surface area contributed by atoms with E-state index in [1.807, 2.05) is 54.6 Å². The van der Waals surface area contributed by atoms with Crippen LogP contribution in [0, 0.1) is 0 Å². The number of carbonyl (C=O) groups excluding carboxylic acids is 1. The molecule has 2 aromatic rings. The van der Waals surface area contributed by atoms with Crippen molar-refractivity contribution in [3.8, 4) is 0 Å². The fraction of sp³-hybridized carbons (Fsp3) is 0.133. The predicted molar refractivity (Wildman–Crippen MR) is 69.8 cm³/mol. The summed E-state index contributed by atoms with van der Waals surface area (Å²) in [6.07, 6.45) is 0.391. The van der Waals surface area contributed by atoms with Gasteiger partial charge in [0.1, 0.15) is 12.8 Å². The van der Waals surface area contributed by atoms with Crippen molar-refractivity contribution in [2.24, 2.45) is 0 Å². The van der Waals surface area contributed by atoms with Gasteiger partial charge >= 0.3 is 0 Å². The zero-order valence-corrected chi connectivity index (χ0v) is 9.82. The molecule has 0 radical (unpaired) electrons. The van der Waals surface area contributed by atoms with E-state index in [2.05, 4.69) is 4.90 Å². The fourth-order valence-corrected chi connectivity index (χ4v) is 2.22. The Kier molecular flexibility index (Phi) is 2.82. The summed E-state index contributed by atoms with van der Waals surface area (Å²) in [6.45, 7) is 0.393. The maximum absolute atomic E-state index is 11.0. The van der Waals surface area contributed by atoms with Gasteiger partial charge in [-0.15, -0.1) is 0 Å². The van der Waals surface area contributed by atoms with E-state index in [4.69, 9.17) is 4.74 Å². The van der Waals surface area contributed by atoms with Gasteiger partial charge in [0.15, 0.2) is 6.29 Å². The van der Waals surface area contributed by atoms with Crippen LogP contribution in [-0.2, 0) is 9.53 Å². The van der Waals surface area contributed by atoms with Gasteiger partial charge in [-0.2, -0.15) is 0 Å². The number of carbonyl (C=O) groups is 1. The van der Waals surface area contributed by atoms with Gasteiger partial charge in [0, 0.05) is 16.9 Å². The molecule has 1 aliphatic heterocycles. The normalized spacial score (nSPS) is 18.2. The van der Waals surface area contributed by atoms with Crippen LogP contribution >= 0.6 is 0 Å². The summed E-state index contributed by atoms with van der Waals surface area (Å²) >= 11 is 0. The van der Waals surface area contributed by atoms with Gasteiger partial charge in [-0.05, 0) is 18.2 Å². The lowest BCUT2D eigenvalue weighted by Crippen LogP contribution is -2.29. The van der Waals surface area contributed by atoms with E-state index in [1.165, 1.54) is 0 Å². The molecule has 90 valence electrons. The van der Waals surface area contributed by atoms with E-state index < -0.39 is 6.10 Å². The molecule has 0 bridgehead atoms. The number of aldehydes is 1. The number of anilines is 2. The Hall–Kier alpha value is -2.13. The van der Waals surface area contributed by atoms with E-state index >= 15 is 0 Å². The molecular formula is C15H13NO2. The number of fused-ring (bicyclic) bond motifs is 1. The third-order valence-electron chi connectivity index (χ3n) is 3.11. The van der Waals surface area contributed by atoms with Crippen molar-refractivity contribution in [2.45, 2.75) is 6.10 Å². The number of para-hydroxylation sites is 2. The highest BCUT2D eigenvalue weighted by molar-refractivity contribution is 5.73. The summed E-state index contributed by atoms with van der Waals surface area (Å²) in [6, 6.07) is 17.9. The molecule has 0 saturated carbocycles. The molecule has 3 nitrogen and oxygen atoms in total. The number of hydrogen-bond donors (Lipinski definition) is 0. The monoisotopic (exact) mass is 239 g/mol. The summed E-state index contributed by atoms with van der Waals surface area (Å²) in [7, 11) is 0. The average molecular weight is 239 g/mol. The smallest absolute Gasteiger partial charge is 0.153 e. The first-order chi connectivity index (χ1) is 8.90. The standard InChI is InChI=1S/C15H13NO2/c17-10-15-13-8-4-5-9-14(13)16(11-18-15)12-6-2-1-3-7-12/h1-10,15H,11H2. The summed E-state index contributed by atoms with van der Waals surface area (Å²) in [4.78, 5) is 13.1. The SMILES string of the molecule is O=CC1OCN(c2ccccc2)c2ccccc21. The summed E-state index contributed by atoms with van der Waals surface area (Å²) in [5, 5.41) is 0. The molecule has 2 aromatic carbocycles. The van der Waals surface area contributed by atoms with Crippen LogP contribution in [0.3, 0.4) is 0 Å². The molecule has 0 amide bonds. The van der Waals surface area contributed by atoms with E-state index in [0.29, 0.717) is 6.73 Å². The van der Waals surface area contributed by atoms with Crippen LogP contribution < -0.4 is 4.90 Å². The second-order valence-electron chi connectivity index (χ2n) is 4.17. The van der Waals surface area contributed by atoms with Crippen LogP contribution in [0.1, 0.15) is 11.7 Å². The van der Waals surface area contributed by atoms with Crippen LogP contribution in [0.5, 0.6) is 0 Å².